The Kier molecular flexibility index (Phi) is 4.30. The summed E-state index contributed by atoms with van der Waals surface area (Å²) in [6.07, 6.45) is 4.60. The number of carbonyl (C=O) groups excluding carboxylic acids is 1. The summed E-state index contributed by atoms with van der Waals surface area (Å²) in [6.45, 7) is 2.00. The molecule has 0 saturated carbocycles. The Morgan fingerprint density at radius 3 is 2.74 bits per heavy atom. The second-order valence-corrected chi connectivity index (χ2v) is 4.33. The third kappa shape index (κ3) is 3.42. The Morgan fingerprint density at radius 1 is 1.42 bits per heavy atom. The molecule has 1 heterocycles. The second kappa shape index (κ2) is 6.15. The van der Waals surface area contributed by atoms with E-state index in [0.29, 0.717) is 12.2 Å². The summed E-state index contributed by atoms with van der Waals surface area (Å²) in [5, 5.41) is 2.79. The van der Waals surface area contributed by atoms with Crippen LogP contribution in [-0.4, -0.2) is 16.9 Å². The molecule has 5 heteroatoms. The molecule has 0 spiro atoms. The van der Waals surface area contributed by atoms with Crippen LogP contribution in [0.1, 0.15) is 19.8 Å². The summed E-state index contributed by atoms with van der Waals surface area (Å²) in [5.41, 5.74) is 7.38. The van der Waals surface area contributed by atoms with Crippen molar-refractivity contribution < 1.29 is 9.21 Å². The molecule has 0 aliphatic rings. The average molecular weight is 259 g/mol. The van der Waals surface area contributed by atoms with Gasteiger partial charge in [-0.1, -0.05) is 13.3 Å². The van der Waals surface area contributed by atoms with Crippen LogP contribution in [-0.2, 0) is 4.79 Å². The molecule has 0 radical (unpaired) electrons. The molecule has 5 nitrogen and oxygen atoms in total. The number of nitrogens with one attached hydrogen (secondary N) is 1. The van der Waals surface area contributed by atoms with Crippen LogP contribution in [0.3, 0.4) is 0 Å². The first-order valence-electron chi connectivity index (χ1n) is 6.26. The fourth-order valence-electron chi connectivity index (χ4n) is 1.75. The van der Waals surface area contributed by atoms with Crippen LogP contribution < -0.4 is 11.1 Å². The average Bonchev–Trinajstić information content (AvgIpc) is 2.94. The lowest BCUT2D eigenvalue weighted by molar-refractivity contribution is -0.117. The first-order chi connectivity index (χ1) is 9.20. The second-order valence-electron chi connectivity index (χ2n) is 4.33. The SMILES string of the molecule is CCC[C@H](N)C(=O)Nc1ccc(-c2cnco2)cc1. The van der Waals surface area contributed by atoms with Crippen LogP contribution >= 0.6 is 0 Å². The molecule has 1 atom stereocenters. The van der Waals surface area contributed by atoms with Crippen molar-refractivity contribution in [3.63, 3.8) is 0 Å². The number of carbonyl (C=O) groups is 1. The van der Waals surface area contributed by atoms with Gasteiger partial charge in [0, 0.05) is 11.3 Å². The van der Waals surface area contributed by atoms with E-state index in [1.807, 2.05) is 31.2 Å². The number of nitrogens with zero attached hydrogens (tertiary/aromatic N) is 1. The van der Waals surface area contributed by atoms with Crippen molar-refractivity contribution in [3.8, 4) is 11.3 Å². The lowest BCUT2D eigenvalue weighted by Crippen LogP contribution is -2.35. The number of rotatable bonds is 5. The molecular weight excluding hydrogens is 242 g/mol. The molecule has 3 N–H and O–H groups in total. The lowest BCUT2D eigenvalue weighted by Gasteiger charge is -2.11. The van der Waals surface area contributed by atoms with E-state index in [9.17, 15) is 4.79 Å². The maximum absolute atomic E-state index is 11.8. The van der Waals surface area contributed by atoms with Gasteiger partial charge in [0.1, 0.15) is 0 Å². The van der Waals surface area contributed by atoms with Crippen LogP contribution in [0, 0.1) is 0 Å². The number of aromatic nitrogens is 1. The van der Waals surface area contributed by atoms with Gasteiger partial charge in [0.15, 0.2) is 12.2 Å². The summed E-state index contributed by atoms with van der Waals surface area (Å²) in [6, 6.07) is 6.89. The Labute approximate surface area is 111 Å². The number of hydrogen-bond donors (Lipinski definition) is 2. The molecule has 0 saturated heterocycles. The van der Waals surface area contributed by atoms with E-state index in [1.54, 1.807) is 6.20 Å². The highest BCUT2D eigenvalue weighted by Gasteiger charge is 2.12. The highest BCUT2D eigenvalue weighted by Crippen LogP contribution is 2.20. The molecular formula is C14H17N3O2. The van der Waals surface area contributed by atoms with Crippen molar-refractivity contribution in [2.45, 2.75) is 25.8 Å². The van der Waals surface area contributed by atoms with E-state index in [2.05, 4.69) is 10.3 Å². The van der Waals surface area contributed by atoms with Crippen molar-refractivity contribution >= 4 is 11.6 Å². The van der Waals surface area contributed by atoms with Crippen molar-refractivity contribution in [1.29, 1.82) is 0 Å². The normalized spacial score (nSPS) is 12.1. The highest BCUT2D eigenvalue weighted by molar-refractivity contribution is 5.94. The van der Waals surface area contributed by atoms with Gasteiger partial charge in [-0.2, -0.15) is 0 Å². The van der Waals surface area contributed by atoms with Crippen LogP contribution in [0.5, 0.6) is 0 Å². The molecule has 0 fully saturated rings. The zero-order valence-electron chi connectivity index (χ0n) is 10.8. The van der Waals surface area contributed by atoms with Crippen LogP contribution in [0.25, 0.3) is 11.3 Å². The minimum atomic E-state index is -0.459. The largest absolute Gasteiger partial charge is 0.444 e. The maximum Gasteiger partial charge on any atom is 0.241 e. The van der Waals surface area contributed by atoms with Gasteiger partial charge in [-0.15, -0.1) is 0 Å². The Balaban J connectivity index is 2.01. The van der Waals surface area contributed by atoms with Gasteiger partial charge in [-0.05, 0) is 30.7 Å². The van der Waals surface area contributed by atoms with Crippen molar-refractivity contribution in [2.24, 2.45) is 5.73 Å². The number of nitrogens with two attached hydrogens (primary N) is 1. The lowest BCUT2D eigenvalue weighted by atomic mass is 10.1. The molecule has 2 rings (SSSR count). The van der Waals surface area contributed by atoms with Crippen LogP contribution in [0.15, 0.2) is 41.3 Å². The third-order valence-corrected chi connectivity index (χ3v) is 2.81. The molecule has 1 aromatic carbocycles. The van der Waals surface area contributed by atoms with E-state index in [1.165, 1.54) is 6.39 Å². The molecule has 0 bridgehead atoms. The molecule has 19 heavy (non-hydrogen) atoms. The van der Waals surface area contributed by atoms with Gasteiger partial charge in [-0.25, -0.2) is 4.98 Å². The fourth-order valence-corrected chi connectivity index (χ4v) is 1.75. The number of benzene rings is 1. The van der Waals surface area contributed by atoms with Crippen LogP contribution in [0.4, 0.5) is 5.69 Å². The maximum atomic E-state index is 11.8. The highest BCUT2D eigenvalue weighted by atomic mass is 16.3. The summed E-state index contributed by atoms with van der Waals surface area (Å²) >= 11 is 0. The van der Waals surface area contributed by atoms with E-state index < -0.39 is 6.04 Å². The summed E-state index contributed by atoms with van der Waals surface area (Å²) < 4.78 is 5.19. The first-order valence-corrected chi connectivity index (χ1v) is 6.26. The van der Waals surface area contributed by atoms with Crippen molar-refractivity contribution in [1.82, 2.24) is 4.98 Å². The van der Waals surface area contributed by atoms with Gasteiger partial charge >= 0.3 is 0 Å². The van der Waals surface area contributed by atoms with E-state index in [4.69, 9.17) is 10.2 Å². The van der Waals surface area contributed by atoms with Gasteiger partial charge in [0.2, 0.25) is 5.91 Å². The fraction of sp³-hybridized carbons (Fsp3) is 0.286. The Hall–Kier alpha value is -2.14. The topological polar surface area (TPSA) is 81.2 Å². The number of hydrogen-bond acceptors (Lipinski definition) is 4. The monoisotopic (exact) mass is 259 g/mol. The standard InChI is InChI=1S/C14H17N3O2/c1-2-3-12(15)14(18)17-11-6-4-10(5-7-11)13-8-16-9-19-13/h4-9,12H,2-3,15H2,1H3,(H,17,18)/t12-/m0/s1. The van der Waals surface area contributed by atoms with Gasteiger partial charge in [0.25, 0.3) is 0 Å². The van der Waals surface area contributed by atoms with E-state index in [0.717, 1.165) is 17.7 Å². The predicted octanol–water partition coefficient (Wildman–Crippen LogP) is 2.41. The molecule has 1 aromatic heterocycles. The van der Waals surface area contributed by atoms with Crippen molar-refractivity contribution in [3.05, 3.63) is 36.9 Å². The summed E-state index contributed by atoms with van der Waals surface area (Å²) in [7, 11) is 0. The first kappa shape index (κ1) is 13.3. The summed E-state index contributed by atoms with van der Waals surface area (Å²) in [4.78, 5) is 15.6. The molecule has 0 unspecified atom stereocenters. The molecule has 100 valence electrons. The zero-order valence-corrected chi connectivity index (χ0v) is 10.8. The predicted molar refractivity (Wildman–Crippen MR) is 73.5 cm³/mol. The number of amides is 1. The Morgan fingerprint density at radius 2 is 2.16 bits per heavy atom. The minimum Gasteiger partial charge on any atom is -0.444 e. The van der Waals surface area contributed by atoms with Gasteiger partial charge in [0.05, 0.1) is 12.2 Å². The zero-order chi connectivity index (χ0) is 13.7. The van der Waals surface area contributed by atoms with Crippen LogP contribution in [0.2, 0.25) is 0 Å². The minimum absolute atomic E-state index is 0.158. The quantitative estimate of drug-likeness (QED) is 0.864. The summed E-state index contributed by atoms with van der Waals surface area (Å²) in [5.74, 6) is 0.537. The number of anilines is 1. The number of oxazole rings is 1. The molecule has 0 aliphatic carbocycles. The van der Waals surface area contributed by atoms with Crippen molar-refractivity contribution in [2.75, 3.05) is 5.32 Å². The Bertz CT molecular complexity index is 520. The third-order valence-electron chi connectivity index (χ3n) is 2.81. The van der Waals surface area contributed by atoms with Gasteiger partial charge in [-0.3, -0.25) is 4.79 Å². The molecule has 0 aliphatic heterocycles. The smallest absolute Gasteiger partial charge is 0.241 e. The van der Waals surface area contributed by atoms with E-state index in [-0.39, 0.29) is 5.91 Å². The van der Waals surface area contributed by atoms with E-state index >= 15 is 0 Å². The van der Waals surface area contributed by atoms with Gasteiger partial charge < -0.3 is 15.5 Å². The molecule has 2 aromatic rings. The molecule has 1 amide bonds.